The van der Waals surface area contributed by atoms with E-state index in [1.807, 2.05) is 11.8 Å². The highest BCUT2D eigenvalue weighted by atomic mass is 19.4. The van der Waals surface area contributed by atoms with Gasteiger partial charge in [-0.2, -0.15) is 13.2 Å². The summed E-state index contributed by atoms with van der Waals surface area (Å²) in [7, 11) is 0. The van der Waals surface area contributed by atoms with Crippen LogP contribution in [0.25, 0.3) is 0 Å². The number of nitrogens with zero attached hydrogens (tertiary/aromatic N) is 1. The summed E-state index contributed by atoms with van der Waals surface area (Å²) in [4.78, 5) is 1.97. The smallest absolute Gasteiger partial charge is 0.330 e. The highest BCUT2D eigenvalue weighted by Crippen LogP contribution is 2.34. The van der Waals surface area contributed by atoms with Crippen LogP contribution in [0.2, 0.25) is 0 Å². The average Bonchev–Trinajstić information content (AvgIpc) is 2.25. The zero-order valence-electron chi connectivity index (χ0n) is 9.76. The van der Waals surface area contributed by atoms with Crippen LogP contribution < -0.4 is 5.73 Å². The van der Waals surface area contributed by atoms with Crippen molar-refractivity contribution in [2.45, 2.75) is 44.8 Å². The lowest BCUT2D eigenvalue weighted by Crippen LogP contribution is -2.47. The second-order valence-corrected chi connectivity index (χ2v) is 4.52. The van der Waals surface area contributed by atoms with E-state index in [2.05, 4.69) is 0 Å². The number of alkyl halides is 3. The predicted octanol–water partition coefficient (Wildman–Crippen LogP) is 2.39. The van der Waals surface area contributed by atoms with E-state index < -0.39 is 12.1 Å². The van der Waals surface area contributed by atoms with Crippen LogP contribution in [0, 0.1) is 5.92 Å². The zero-order valence-corrected chi connectivity index (χ0v) is 9.76. The minimum Gasteiger partial charge on any atom is -0.330 e. The molecule has 1 saturated heterocycles. The SMILES string of the molecule is CCC(CCN)N1CCCC(C(F)(F)F)C1. The monoisotopic (exact) mass is 238 g/mol. The van der Waals surface area contributed by atoms with Gasteiger partial charge in [0, 0.05) is 12.6 Å². The topological polar surface area (TPSA) is 29.3 Å². The van der Waals surface area contributed by atoms with Gasteiger partial charge in [0.25, 0.3) is 0 Å². The number of piperidine rings is 1. The van der Waals surface area contributed by atoms with Gasteiger partial charge in [0.05, 0.1) is 5.92 Å². The molecule has 1 fully saturated rings. The fraction of sp³-hybridized carbons (Fsp3) is 1.00. The first-order chi connectivity index (χ1) is 7.49. The van der Waals surface area contributed by atoms with Crippen molar-refractivity contribution in [2.24, 2.45) is 11.7 Å². The van der Waals surface area contributed by atoms with Gasteiger partial charge < -0.3 is 5.73 Å². The summed E-state index contributed by atoms with van der Waals surface area (Å²) in [6.45, 7) is 3.50. The van der Waals surface area contributed by atoms with Crippen molar-refractivity contribution < 1.29 is 13.2 Å². The van der Waals surface area contributed by atoms with Crippen LogP contribution in [0.15, 0.2) is 0 Å². The molecule has 0 aliphatic carbocycles. The third kappa shape index (κ3) is 3.63. The molecule has 96 valence electrons. The normalized spacial score (nSPS) is 25.7. The van der Waals surface area contributed by atoms with Crippen LogP contribution in [0.1, 0.15) is 32.6 Å². The van der Waals surface area contributed by atoms with Crippen LogP contribution in [-0.2, 0) is 0 Å². The number of hydrogen-bond donors (Lipinski definition) is 1. The molecule has 5 heteroatoms. The first-order valence-electron chi connectivity index (χ1n) is 5.99. The first kappa shape index (κ1) is 13.8. The summed E-state index contributed by atoms with van der Waals surface area (Å²) in [6, 6.07) is 0.218. The average molecular weight is 238 g/mol. The van der Waals surface area contributed by atoms with Crippen LogP contribution in [0.3, 0.4) is 0 Å². The second kappa shape index (κ2) is 5.87. The number of likely N-dealkylation sites (tertiary alicyclic amines) is 1. The highest BCUT2D eigenvalue weighted by Gasteiger charge is 2.42. The zero-order chi connectivity index (χ0) is 12.2. The van der Waals surface area contributed by atoms with E-state index in [1.165, 1.54) is 0 Å². The molecule has 0 bridgehead atoms. The molecule has 1 aliphatic heterocycles. The third-order valence-electron chi connectivity index (χ3n) is 3.40. The van der Waals surface area contributed by atoms with Crippen molar-refractivity contribution in [1.82, 2.24) is 4.90 Å². The van der Waals surface area contributed by atoms with E-state index in [1.54, 1.807) is 0 Å². The lowest BCUT2D eigenvalue weighted by molar-refractivity contribution is -0.188. The molecule has 2 unspecified atom stereocenters. The lowest BCUT2D eigenvalue weighted by Gasteiger charge is -2.38. The van der Waals surface area contributed by atoms with Gasteiger partial charge >= 0.3 is 6.18 Å². The Hall–Kier alpha value is -0.290. The fourth-order valence-corrected chi connectivity index (χ4v) is 2.44. The van der Waals surface area contributed by atoms with Gasteiger partial charge in [-0.15, -0.1) is 0 Å². The number of nitrogens with two attached hydrogens (primary N) is 1. The molecule has 0 saturated carbocycles. The molecular weight excluding hydrogens is 217 g/mol. The Bertz CT molecular complexity index is 206. The molecule has 0 aromatic carbocycles. The molecule has 0 amide bonds. The maximum atomic E-state index is 12.6. The predicted molar refractivity (Wildman–Crippen MR) is 58.1 cm³/mol. The van der Waals surface area contributed by atoms with Crippen molar-refractivity contribution in [3.63, 3.8) is 0 Å². The van der Waals surface area contributed by atoms with Gasteiger partial charge in [-0.25, -0.2) is 0 Å². The van der Waals surface area contributed by atoms with E-state index in [0.29, 0.717) is 13.0 Å². The molecule has 16 heavy (non-hydrogen) atoms. The van der Waals surface area contributed by atoms with Crippen molar-refractivity contribution in [2.75, 3.05) is 19.6 Å². The Morgan fingerprint density at radius 3 is 2.62 bits per heavy atom. The van der Waals surface area contributed by atoms with Gasteiger partial charge in [0.1, 0.15) is 0 Å². The summed E-state index contributed by atoms with van der Waals surface area (Å²) in [5, 5.41) is 0. The van der Waals surface area contributed by atoms with Crippen LogP contribution in [-0.4, -0.2) is 36.8 Å². The molecule has 0 radical (unpaired) electrons. The Balaban J connectivity index is 2.55. The molecular formula is C11H21F3N2. The second-order valence-electron chi connectivity index (χ2n) is 4.52. The summed E-state index contributed by atoms with van der Waals surface area (Å²) >= 11 is 0. The van der Waals surface area contributed by atoms with E-state index in [-0.39, 0.29) is 19.0 Å². The van der Waals surface area contributed by atoms with Crippen molar-refractivity contribution in [3.8, 4) is 0 Å². The van der Waals surface area contributed by atoms with E-state index in [4.69, 9.17) is 5.73 Å². The largest absolute Gasteiger partial charge is 0.393 e. The van der Waals surface area contributed by atoms with Crippen LogP contribution in [0.4, 0.5) is 13.2 Å². The summed E-state index contributed by atoms with van der Waals surface area (Å²) in [5.74, 6) is -1.15. The molecule has 2 atom stereocenters. The van der Waals surface area contributed by atoms with Crippen LogP contribution >= 0.6 is 0 Å². The fourth-order valence-electron chi connectivity index (χ4n) is 2.44. The lowest BCUT2D eigenvalue weighted by atomic mass is 9.95. The van der Waals surface area contributed by atoms with E-state index in [9.17, 15) is 13.2 Å². The summed E-state index contributed by atoms with van der Waals surface area (Å²) < 4.78 is 37.8. The maximum absolute atomic E-state index is 12.6. The van der Waals surface area contributed by atoms with E-state index >= 15 is 0 Å². The molecule has 1 heterocycles. The maximum Gasteiger partial charge on any atom is 0.393 e. The Kier molecular flexibility index (Phi) is 5.05. The van der Waals surface area contributed by atoms with Gasteiger partial charge in [0.2, 0.25) is 0 Å². The standard InChI is InChI=1S/C11H21F3N2/c1-2-10(5-6-15)16-7-3-4-9(8-16)11(12,13)14/h9-10H,2-8,15H2,1H3. The Morgan fingerprint density at radius 2 is 2.12 bits per heavy atom. The molecule has 1 aliphatic rings. The summed E-state index contributed by atoms with van der Waals surface area (Å²) in [5.41, 5.74) is 5.48. The quantitative estimate of drug-likeness (QED) is 0.814. The minimum absolute atomic E-state index is 0.155. The number of rotatable bonds is 4. The summed E-state index contributed by atoms with van der Waals surface area (Å²) in [6.07, 6.45) is -1.45. The molecule has 1 rings (SSSR count). The van der Waals surface area contributed by atoms with Gasteiger partial charge in [-0.3, -0.25) is 4.90 Å². The van der Waals surface area contributed by atoms with Crippen molar-refractivity contribution in [1.29, 1.82) is 0 Å². The van der Waals surface area contributed by atoms with E-state index in [0.717, 1.165) is 19.4 Å². The van der Waals surface area contributed by atoms with Crippen molar-refractivity contribution >= 4 is 0 Å². The Morgan fingerprint density at radius 1 is 1.44 bits per heavy atom. The molecule has 2 nitrogen and oxygen atoms in total. The minimum atomic E-state index is -4.04. The molecule has 0 aromatic heterocycles. The number of hydrogen-bond acceptors (Lipinski definition) is 2. The number of halogens is 3. The molecule has 2 N–H and O–H groups in total. The van der Waals surface area contributed by atoms with Gasteiger partial charge in [-0.05, 0) is 38.8 Å². The Labute approximate surface area is 95.0 Å². The molecule has 0 spiro atoms. The first-order valence-corrected chi connectivity index (χ1v) is 5.99. The third-order valence-corrected chi connectivity index (χ3v) is 3.40. The van der Waals surface area contributed by atoms with Gasteiger partial charge in [-0.1, -0.05) is 6.92 Å². The van der Waals surface area contributed by atoms with Crippen molar-refractivity contribution in [3.05, 3.63) is 0 Å². The van der Waals surface area contributed by atoms with Crippen LogP contribution in [0.5, 0.6) is 0 Å². The molecule has 0 aromatic rings. The highest BCUT2D eigenvalue weighted by molar-refractivity contribution is 4.82. The van der Waals surface area contributed by atoms with Gasteiger partial charge in [0.15, 0.2) is 0 Å².